The third kappa shape index (κ3) is 4.49. The van der Waals surface area contributed by atoms with Crippen LogP contribution in [0.1, 0.15) is 38.1 Å². The molecule has 0 N–H and O–H groups in total. The number of carbonyl (C=O) groups excluding carboxylic acids is 2. The van der Waals surface area contributed by atoms with Crippen molar-refractivity contribution in [2.75, 3.05) is 12.3 Å². The molecule has 0 bridgehead atoms. The second kappa shape index (κ2) is 6.52. The number of benzene rings is 1. The van der Waals surface area contributed by atoms with Gasteiger partial charge in [-0.15, -0.1) is 11.8 Å². The molecule has 1 heterocycles. The lowest BCUT2D eigenvalue weighted by molar-refractivity contribution is -0.155. The topological polar surface area (TPSA) is 46.6 Å². The molecule has 114 valence electrons. The first kappa shape index (κ1) is 15.9. The van der Waals surface area contributed by atoms with E-state index in [1.54, 1.807) is 16.7 Å². The van der Waals surface area contributed by atoms with Gasteiger partial charge in [0, 0.05) is 6.54 Å². The van der Waals surface area contributed by atoms with E-state index in [2.05, 4.69) is 0 Å². The van der Waals surface area contributed by atoms with Crippen molar-refractivity contribution in [3.63, 3.8) is 0 Å². The van der Waals surface area contributed by atoms with Crippen LogP contribution in [-0.2, 0) is 14.3 Å². The summed E-state index contributed by atoms with van der Waals surface area (Å²) in [5.74, 6) is 0.282. The minimum atomic E-state index is -0.486. The zero-order valence-corrected chi connectivity index (χ0v) is 13.5. The fraction of sp³-hybridized carbons (Fsp3) is 0.500. The van der Waals surface area contributed by atoms with Gasteiger partial charge in [0.15, 0.2) is 0 Å². The molecule has 0 spiro atoms. The van der Waals surface area contributed by atoms with Crippen molar-refractivity contribution in [3.8, 4) is 0 Å². The fourth-order valence-corrected chi connectivity index (χ4v) is 3.41. The smallest absolute Gasteiger partial charge is 0.308 e. The Balaban J connectivity index is 1.97. The number of carbonyl (C=O) groups is 2. The molecule has 1 unspecified atom stereocenters. The zero-order valence-electron chi connectivity index (χ0n) is 12.7. The monoisotopic (exact) mass is 307 g/mol. The van der Waals surface area contributed by atoms with Crippen molar-refractivity contribution >= 4 is 23.6 Å². The molecule has 1 saturated heterocycles. The molecule has 21 heavy (non-hydrogen) atoms. The minimum absolute atomic E-state index is 0.00105. The Bertz CT molecular complexity index is 510. The third-order valence-corrected chi connectivity index (χ3v) is 4.29. The molecule has 1 amide bonds. The van der Waals surface area contributed by atoms with Crippen molar-refractivity contribution in [1.82, 2.24) is 4.90 Å². The number of thioether (sulfide) groups is 1. The number of hydrogen-bond donors (Lipinski definition) is 0. The van der Waals surface area contributed by atoms with Crippen LogP contribution in [0.15, 0.2) is 30.3 Å². The predicted molar refractivity (Wildman–Crippen MR) is 83.8 cm³/mol. The molecule has 1 atom stereocenters. The van der Waals surface area contributed by atoms with Crippen molar-refractivity contribution < 1.29 is 14.3 Å². The number of amides is 1. The van der Waals surface area contributed by atoms with Gasteiger partial charge < -0.3 is 9.64 Å². The molecule has 0 saturated carbocycles. The van der Waals surface area contributed by atoms with Gasteiger partial charge in [-0.25, -0.2) is 0 Å². The first-order valence-electron chi connectivity index (χ1n) is 7.05. The molecular weight excluding hydrogens is 286 g/mol. The van der Waals surface area contributed by atoms with E-state index in [9.17, 15) is 9.59 Å². The molecule has 0 aliphatic carbocycles. The first-order valence-corrected chi connectivity index (χ1v) is 8.09. The van der Waals surface area contributed by atoms with Crippen molar-refractivity contribution in [1.29, 1.82) is 0 Å². The van der Waals surface area contributed by atoms with E-state index >= 15 is 0 Å². The van der Waals surface area contributed by atoms with Gasteiger partial charge in [0.1, 0.15) is 11.0 Å². The average molecular weight is 307 g/mol. The third-order valence-electron chi connectivity index (χ3n) is 3.03. The van der Waals surface area contributed by atoms with Gasteiger partial charge in [0.25, 0.3) is 0 Å². The van der Waals surface area contributed by atoms with Gasteiger partial charge in [-0.3, -0.25) is 9.59 Å². The van der Waals surface area contributed by atoms with Gasteiger partial charge in [0.2, 0.25) is 5.91 Å². The lowest BCUT2D eigenvalue weighted by Gasteiger charge is -2.25. The van der Waals surface area contributed by atoms with Crippen LogP contribution in [0.5, 0.6) is 0 Å². The first-order chi connectivity index (χ1) is 9.87. The van der Waals surface area contributed by atoms with E-state index in [4.69, 9.17) is 4.74 Å². The lowest BCUT2D eigenvalue weighted by Crippen LogP contribution is -2.32. The maximum atomic E-state index is 12.0. The van der Waals surface area contributed by atoms with Crippen LogP contribution >= 0.6 is 11.8 Å². The Morgan fingerprint density at radius 3 is 2.62 bits per heavy atom. The minimum Gasteiger partial charge on any atom is -0.460 e. The molecule has 4 nitrogen and oxygen atoms in total. The van der Waals surface area contributed by atoms with E-state index in [0.29, 0.717) is 12.3 Å². The van der Waals surface area contributed by atoms with Gasteiger partial charge in [-0.2, -0.15) is 0 Å². The standard InChI is InChI=1S/C16H21NO3S/c1-16(2,3)20-14(19)9-10-17-13(18)11-21-15(17)12-7-5-4-6-8-12/h4-8,15H,9-11H2,1-3H3. The molecular formula is C16H21NO3S. The SMILES string of the molecule is CC(C)(C)OC(=O)CCN1C(=O)CSC1c1ccccc1. The number of nitrogens with zero attached hydrogens (tertiary/aromatic N) is 1. The van der Waals surface area contributed by atoms with E-state index in [0.717, 1.165) is 5.56 Å². The summed E-state index contributed by atoms with van der Waals surface area (Å²) in [6.45, 7) is 5.93. The van der Waals surface area contributed by atoms with Crippen LogP contribution in [0.3, 0.4) is 0 Å². The predicted octanol–water partition coefficient (Wildman–Crippen LogP) is 2.99. The van der Waals surface area contributed by atoms with Crippen LogP contribution in [0.25, 0.3) is 0 Å². The van der Waals surface area contributed by atoms with Gasteiger partial charge in [0.05, 0.1) is 12.2 Å². The summed E-state index contributed by atoms with van der Waals surface area (Å²) in [4.78, 5) is 25.6. The summed E-state index contributed by atoms with van der Waals surface area (Å²) in [5, 5.41) is 0.00105. The summed E-state index contributed by atoms with van der Waals surface area (Å²) in [6.07, 6.45) is 0.229. The summed E-state index contributed by atoms with van der Waals surface area (Å²) >= 11 is 1.60. The molecule has 1 aromatic rings. The lowest BCUT2D eigenvalue weighted by atomic mass is 10.2. The summed E-state index contributed by atoms with van der Waals surface area (Å²) in [6, 6.07) is 9.90. The summed E-state index contributed by atoms with van der Waals surface area (Å²) in [7, 11) is 0. The highest BCUT2D eigenvalue weighted by Crippen LogP contribution is 2.38. The number of rotatable bonds is 4. The maximum Gasteiger partial charge on any atom is 0.308 e. The van der Waals surface area contributed by atoms with E-state index in [1.807, 2.05) is 51.1 Å². The molecule has 2 rings (SSSR count). The van der Waals surface area contributed by atoms with Crippen molar-refractivity contribution in [2.45, 2.75) is 38.2 Å². The quantitative estimate of drug-likeness (QED) is 0.802. The van der Waals surface area contributed by atoms with Crippen LogP contribution in [0, 0.1) is 0 Å². The van der Waals surface area contributed by atoms with Crippen LogP contribution in [0.2, 0.25) is 0 Å². The largest absolute Gasteiger partial charge is 0.460 e. The van der Waals surface area contributed by atoms with Crippen LogP contribution in [-0.4, -0.2) is 34.7 Å². The van der Waals surface area contributed by atoms with Gasteiger partial charge >= 0.3 is 5.97 Å². The van der Waals surface area contributed by atoms with Gasteiger partial charge in [-0.05, 0) is 26.3 Å². The molecule has 0 radical (unpaired) electrons. The second-order valence-corrected chi connectivity index (χ2v) is 7.07. The average Bonchev–Trinajstić information content (AvgIpc) is 2.77. The van der Waals surface area contributed by atoms with E-state index in [1.165, 1.54) is 0 Å². The highest BCUT2D eigenvalue weighted by molar-refractivity contribution is 8.00. The van der Waals surface area contributed by atoms with E-state index < -0.39 is 5.60 Å². The number of hydrogen-bond acceptors (Lipinski definition) is 4. The Labute approximate surface area is 129 Å². The Kier molecular flexibility index (Phi) is 4.93. The molecule has 1 fully saturated rings. The molecule has 1 aliphatic rings. The second-order valence-electron chi connectivity index (χ2n) is 6.00. The highest BCUT2D eigenvalue weighted by atomic mass is 32.2. The van der Waals surface area contributed by atoms with Gasteiger partial charge in [-0.1, -0.05) is 30.3 Å². The molecule has 0 aromatic heterocycles. The Morgan fingerprint density at radius 1 is 1.33 bits per heavy atom. The summed E-state index contributed by atoms with van der Waals surface area (Å²) < 4.78 is 5.29. The summed E-state index contributed by atoms with van der Waals surface area (Å²) in [5.41, 5.74) is 0.609. The number of ether oxygens (including phenoxy) is 1. The zero-order chi connectivity index (χ0) is 15.5. The van der Waals surface area contributed by atoms with E-state index in [-0.39, 0.29) is 23.7 Å². The highest BCUT2D eigenvalue weighted by Gasteiger charge is 2.33. The number of esters is 1. The normalized spacial score (nSPS) is 18.9. The Morgan fingerprint density at radius 2 is 2.00 bits per heavy atom. The van der Waals surface area contributed by atoms with Crippen molar-refractivity contribution in [2.24, 2.45) is 0 Å². The molecule has 1 aliphatic heterocycles. The molecule has 5 heteroatoms. The van der Waals surface area contributed by atoms with Crippen LogP contribution < -0.4 is 0 Å². The fourth-order valence-electron chi connectivity index (χ4n) is 2.19. The van der Waals surface area contributed by atoms with Crippen LogP contribution in [0.4, 0.5) is 0 Å². The van der Waals surface area contributed by atoms with Crippen molar-refractivity contribution in [3.05, 3.63) is 35.9 Å². The molecule has 1 aromatic carbocycles. The Hall–Kier alpha value is -1.49. The maximum absolute atomic E-state index is 12.0.